The van der Waals surface area contributed by atoms with Crippen molar-refractivity contribution in [3.8, 4) is 11.4 Å². The van der Waals surface area contributed by atoms with Gasteiger partial charge in [0, 0.05) is 0 Å². The second kappa shape index (κ2) is 7.40. The first kappa shape index (κ1) is 17.0. The largest absolute Gasteiger partial charge is 0.494 e. The van der Waals surface area contributed by atoms with E-state index in [4.69, 9.17) is 4.74 Å². The van der Waals surface area contributed by atoms with Crippen LogP contribution in [0.5, 0.6) is 5.75 Å². The number of hydrogen-bond acceptors (Lipinski definition) is 4. The van der Waals surface area contributed by atoms with Crippen LogP contribution in [-0.4, -0.2) is 29.1 Å². The summed E-state index contributed by atoms with van der Waals surface area (Å²) in [6.07, 6.45) is 3.54. The van der Waals surface area contributed by atoms with Gasteiger partial charge in [0.05, 0.1) is 29.5 Å². The minimum atomic E-state index is -0.695. The molecular weight excluding hydrogens is 341 g/mol. The van der Waals surface area contributed by atoms with Crippen molar-refractivity contribution in [2.75, 3.05) is 18.7 Å². The van der Waals surface area contributed by atoms with E-state index in [1.807, 2.05) is 36.6 Å². The monoisotopic (exact) mass is 357 g/mol. The molecule has 0 atom stereocenters. The molecule has 0 saturated carbocycles. The number of methoxy groups -OCH3 is 1. The number of para-hydroxylation sites is 1. The average Bonchev–Trinajstić information content (AvgIpc) is 3.05. The number of nitrogens with one attached hydrogen (secondary N) is 1. The Morgan fingerprint density at radius 2 is 1.96 bits per heavy atom. The Morgan fingerprint density at radius 1 is 1.20 bits per heavy atom. The van der Waals surface area contributed by atoms with Crippen LogP contribution >= 0.6 is 11.8 Å². The summed E-state index contributed by atoms with van der Waals surface area (Å²) in [5.41, 5.74) is 0.705. The van der Waals surface area contributed by atoms with Gasteiger partial charge in [0.15, 0.2) is 11.6 Å². The van der Waals surface area contributed by atoms with Crippen LogP contribution in [0.1, 0.15) is 10.4 Å². The van der Waals surface area contributed by atoms with Gasteiger partial charge in [-0.05, 0) is 30.5 Å². The highest BCUT2D eigenvalue weighted by molar-refractivity contribution is 7.98. The van der Waals surface area contributed by atoms with Gasteiger partial charge in [-0.25, -0.2) is 9.07 Å². The fraction of sp³-hybridized carbons (Fsp3) is 0.111. The number of thioether (sulfide) groups is 1. The number of aromatic nitrogens is 2. The Labute approximate surface area is 148 Å². The molecule has 1 heterocycles. The number of carbonyl (C=O) groups is 1. The summed E-state index contributed by atoms with van der Waals surface area (Å²) in [5.74, 6) is -0.747. The molecule has 1 amide bonds. The third-order valence-corrected chi connectivity index (χ3v) is 4.35. The van der Waals surface area contributed by atoms with E-state index in [1.165, 1.54) is 31.0 Å². The summed E-state index contributed by atoms with van der Waals surface area (Å²) in [6.45, 7) is 0. The van der Waals surface area contributed by atoms with Crippen LogP contribution in [0.3, 0.4) is 0 Å². The van der Waals surface area contributed by atoms with E-state index >= 15 is 0 Å². The Hall–Kier alpha value is -2.80. The second-order valence-corrected chi connectivity index (χ2v) is 5.93. The van der Waals surface area contributed by atoms with Crippen LogP contribution < -0.4 is 10.1 Å². The highest BCUT2D eigenvalue weighted by Crippen LogP contribution is 2.29. The molecule has 0 fully saturated rings. The number of hydrogen-bond donors (Lipinski definition) is 1. The van der Waals surface area contributed by atoms with Crippen molar-refractivity contribution in [3.05, 3.63) is 66.1 Å². The van der Waals surface area contributed by atoms with Crippen molar-refractivity contribution >= 4 is 23.5 Å². The predicted octanol–water partition coefficient (Wildman–Crippen LogP) is 3.99. The number of nitrogens with zero attached hydrogens (tertiary/aromatic N) is 2. The normalized spacial score (nSPS) is 10.5. The number of amides is 1. The molecular formula is C18H16FN3O2S. The molecule has 0 bridgehead atoms. The summed E-state index contributed by atoms with van der Waals surface area (Å²) >= 11 is 1.44. The highest BCUT2D eigenvalue weighted by Gasteiger charge is 2.19. The zero-order chi connectivity index (χ0) is 17.8. The number of rotatable bonds is 5. The van der Waals surface area contributed by atoms with Crippen LogP contribution in [0, 0.1) is 5.82 Å². The number of benzene rings is 2. The van der Waals surface area contributed by atoms with Gasteiger partial charge in [0.25, 0.3) is 5.91 Å². The van der Waals surface area contributed by atoms with Crippen molar-refractivity contribution in [2.45, 2.75) is 4.90 Å². The predicted molar refractivity (Wildman–Crippen MR) is 96.3 cm³/mol. The maximum absolute atomic E-state index is 14.3. The molecule has 0 unspecified atom stereocenters. The quantitative estimate of drug-likeness (QED) is 0.702. The molecule has 3 aromatic rings. The molecule has 0 aliphatic rings. The van der Waals surface area contributed by atoms with Crippen molar-refractivity contribution in [1.29, 1.82) is 0 Å². The maximum atomic E-state index is 14.3. The molecule has 0 saturated heterocycles. The molecule has 7 heteroatoms. The van der Waals surface area contributed by atoms with E-state index in [9.17, 15) is 9.18 Å². The Balaban J connectivity index is 1.98. The van der Waals surface area contributed by atoms with Crippen LogP contribution in [0.4, 0.5) is 10.2 Å². The fourth-order valence-electron chi connectivity index (χ4n) is 2.38. The van der Waals surface area contributed by atoms with Crippen molar-refractivity contribution in [3.63, 3.8) is 0 Å². The topological polar surface area (TPSA) is 56.1 Å². The molecule has 1 aromatic heterocycles. The fourth-order valence-corrected chi connectivity index (χ4v) is 2.86. The molecule has 3 rings (SSSR count). The zero-order valence-electron chi connectivity index (χ0n) is 13.7. The van der Waals surface area contributed by atoms with Gasteiger partial charge in [-0.2, -0.15) is 5.10 Å². The maximum Gasteiger partial charge on any atom is 0.259 e. The first-order valence-electron chi connectivity index (χ1n) is 7.47. The number of anilines is 1. The smallest absolute Gasteiger partial charge is 0.259 e. The molecule has 0 radical (unpaired) electrons. The number of carbonyl (C=O) groups excluding carboxylic acids is 1. The lowest BCUT2D eigenvalue weighted by Gasteiger charge is -2.12. The molecule has 1 N–H and O–H groups in total. The van der Waals surface area contributed by atoms with Gasteiger partial charge in [0.1, 0.15) is 5.82 Å². The molecule has 0 aliphatic heterocycles. The summed E-state index contributed by atoms with van der Waals surface area (Å²) < 4.78 is 20.9. The first-order chi connectivity index (χ1) is 12.2. The minimum Gasteiger partial charge on any atom is -0.494 e. The lowest BCUT2D eigenvalue weighted by Crippen LogP contribution is -2.17. The second-order valence-electron chi connectivity index (χ2n) is 5.08. The molecule has 128 valence electrons. The highest BCUT2D eigenvalue weighted by atomic mass is 32.2. The van der Waals surface area contributed by atoms with Gasteiger partial charge < -0.3 is 10.1 Å². The van der Waals surface area contributed by atoms with Gasteiger partial charge in [-0.1, -0.05) is 24.3 Å². The van der Waals surface area contributed by atoms with Gasteiger partial charge in [0.2, 0.25) is 0 Å². The third kappa shape index (κ3) is 3.36. The minimum absolute atomic E-state index is 0.0225. The molecule has 0 spiro atoms. The van der Waals surface area contributed by atoms with E-state index in [-0.39, 0.29) is 11.3 Å². The summed E-state index contributed by atoms with van der Waals surface area (Å²) in [6, 6.07) is 13.8. The van der Waals surface area contributed by atoms with Gasteiger partial charge >= 0.3 is 0 Å². The Bertz CT molecular complexity index is 897. The number of ether oxygens (including phenoxy) is 1. The molecule has 25 heavy (non-hydrogen) atoms. The van der Waals surface area contributed by atoms with E-state index in [0.29, 0.717) is 5.82 Å². The van der Waals surface area contributed by atoms with Crippen molar-refractivity contribution in [2.24, 2.45) is 0 Å². The van der Waals surface area contributed by atoms with Crippen LogP contribution in [0.25, 0.3) is 5.69 Å². The standard InChI is InChI=1S/C18H16FN3O2S/c1-24-14-10-6-9-13(16(14)19)18(23)21-17-15(25-2)11-20-22(17)12-7-4-3-5-8-12/h3-11H,1-2H3,(H,21,23). The first-order valence-corrected chi connectivity index (χ1v) is 8.69. The van der Waals surface area contributed by atoms with Gasteiger partial charge in [-0.15, -0.1) is 11.8 Å². The van der Waals surface area contributed by atoms with Crippen LogP contribution in [0.2, 0.25) is 0 Å². The van der Waals surface area contributed by atoms with Crippen LogP contribution in [-0.2, 0) is 0 Å². The lowest BCUT2D eigenvalue weighted by molar-refractivity contribution is 0.102. The summed E-state index contributed by atoms with van der Waals surface area (Å²) in [7, 11) is 1.36. The average molecular weight is 357 g/mol. The summed E-state index contributed by atoms with van der Waals surface area (Å²) in [5, 5.41) is 7.08. The molecule has 0 aliphatic carbocycles. The summed E-state index contributed by atoms with van der Waals surface area (Å²) in [4.78, 5) is 13.4. The SMILES string of the molecule is COc1cccc(C(=O)Nc2c(SC)cnn2-c2ccccc2)c1F. The van der Waals surface area contributed by atoms with Crippen LogP contribution in [0.15, 0.2) is 59.6 Å². The van der Waals surface area contributed by atoms with Gasteiger partial charge in [-0.3, -0.25) is 4.79 Å². The Kier molecular flexibility index (Phi) is 5.04. The Morgan fingerprint density at radius 3 is 2.64 bits per heavy atom. The third-order valence-electron chi connectivity index (χ3n) is 3.62. The lowest BCUT2D eigenvalue weighted by atomic mass is 10.2. The molecule has 2 aromatic carbocycles. The van der Waals surface area contributed by atoms with E-state index in [1.54, 1.807) is 16.9 Å². The number of halogens is 1. The van der Waals surface area contributed by atoms with E-state index < -0.39 is 11.7 Å². The van der Waals surface area contributed by atoms with Crippen molar-refractivity contribution in [1.82, 2.24) is 9.78 Å². The van der Waals surface area contributed by atoms with E-state index in [0.717, 1.165) is 10.6 Å². The zero-order valence-corrected chi connectivity index (χ0v) is 14.5. The van der Waals surface area contributed by atoms with Crippen molar-refractivity contribution < 1.29 is 13.9 Å². The van der Waals surface area contributed by atoms with E-state index in [2.05, 4.69) is 10.4 Å². The molecule has 5 nitrogen and oxygen atoms in total.